The molecule has 2 aromatic rings. The maximum atomic E-state index is 12.1. The van der Waals surface area contributed by atoms with Crippen molar-refractivity contribution in [3.63, 3.8) is 0 Å². The first-order chi connectivity index (χ1) is 11.1. The molecule has 0 aliphatic carbocycles. The molecule has 0 spiro atoms. The summed E-state index contributed by atoms with van der Waals surface area (Å²) in [6.45, 7) is 2.53. The largest absolute Gasteiger partial charge is 0.465 e. The van der Waals surface area contributed by atoms with Crippen LogP contribution in [0.25, 0.3) is 6.08 Å². The van der Waals surface area contributed by atoms with E-state index in [9.17, 15) is 9.59 Å². The Hall–Kier alpha value is -2.53. The number of halogens is 1. The van der Waals surface area contributed by atoms with Crippen molar-refractivity contribution in [3.8, 4) is 0 Å². The Morgan fingerprint density at radius 2 is 2.13 bits per heavy atom. The van der Waals surface area contributed by atoms with Crippen molar-refractivity contribution in [2.24, 2.45) is 0 Å². The van der Waals surface area contributed by atoms with E-state index in [0.29, 0.717) is 28.6 Å². The number of carbonyl (C=O) groups is 2. The molecule has 0 atom stereocenters. The zero-order chi connectivity index (χ0) is 16.7. The van der Waals surface area contributed by atoms with Crippen molar-refractivity contribution in [2.75, 3.05) is 11.9 Å². The lowest BCUT2D eigenvalue weighted by atomic mass is 10.1. The van der Waals surface area contributed by atoms with Gasteiger partial charge >= 0.3 is 0 Å². The van der Waals surface area contributed by atoms with E-state index in [0.717, 1.165) is 6.42 Å². The summed E-state index contributed by atoms with van der Waals surface area (Å²) in [7, 11) is 0. The monoisotopic (exact) mass is 332 g/mol. The number of nitrogens with one attached hydrogen (secondary N) is 2. The summed E-state index contributed by atoms with van der Waals surface area (Å²) in [6, 6.07) is 8.19. The summed E-state index contributed by atoms with van der Waals surface area (Å²) in [4.78, 5) is 24.1. The van der Waals surface area contributed by atoms with E-state index in [1.54, 1.807) is 30.3 Å². The zero-order valence-electron chi connectivity index (χ0n) is 12.6. The number of hydrogen-bond acceptors (Lipinski definition) is 3. The highest BCUT2D eigenvalue weighted by Crippen LogP contribution is 2.21. The third-order valence-corrected chi connectivity index (χ3v) is 3.20. The molecule has 23 heavy (non-hydrogen) atoms. The van der Waals surface area contributed by atoms with Crippen LogP contribution in [0.5, 0.6) is 0 Å². The van der Waals surface area contributed by atoms with Crippen molar-refractivity contribution in [1.29, 1.82) is 0 Å². The first kappa shape index (κ1) is 16.8. The predicted octanol–water partition coefficient (Wildman–Crippen LogP) is 3.72. The normalized spacial score (nSPS) is 10.7. The molecular weight excluding hydrogens is 316 g/mol. The maximum Gasteiger partial charge on any atom is 0.253 e. The summed E-state index contributed by atoms with van der Waals surface area (Å²) >= 11 is 5.95. The summed E-state index contributed by atoms with van der Waals surface area (Å²) in [5.74, 6) is -0.0748. The highest BCUT2D eigenvalue weighted by molar-refractivity contribution is 6.31. The second kappa shape index (κ2) is 8.19. The predicted molar refractivity (Wildman–Crippen MR) is 90.4 cm³/mol. The lowest BCUT2D eigenvalue weighted by Crippen LogP contribution is -2.25. The van der Waals surface area contributed by atoms with Crippen molar-refractivity contribution in [3.05, 3.63) is 59.0 Å². The highest BCUT2D eigenvalue weighted by atomic mass is 35.5. The van der Waals surface area contributed by atoms with Gasteiger partial charge in [0.05, 0.1) is 17.5 Å². The van der Waals surface area contributed by atoms with Gasteiger partial charge in [-0.25, -0.2) is 0 Å². The van der Waals surface area contributed by atoms with Crippen molar-refractivity contribution in [2.45, 2.75) is 13.3 Å². The second-order valence-corrected chi connectivity index (χ2v) is 5.22. The molecule has 1 heterocycles. The van der Waals surface area contributed by atoms with Crippen LogP contribution in [0.1, 0.15) is 29.5 Å². The van der Waals surface area contributed by atoms with E-state index in [1.165, 1.54) is 18.4 Å². The third-order valence-electron chi connectivity index (χ3n) is 2.96. The van der Waals surface area contributed by atoms with Gasteiger partial charge in [0.2, 0.25) is 5.91 Å². The number of hydrogen-bond donors (Lipinski definition) is 2. The molecule has 0 radical (unpaired) electrons. The zero-order valence-corrected chi connectivity index (χ0v) is 13.4. The Bertz CT molecular complexity index is 709. The molecule has 0 bridgehead atoms. The Balaban J connectivity index is 2.12. The van der Waals surface area contributed by atoms with E-state index in [1.807, 2.05) is 6.92 Å². The number of amides is 2. The third kappa shape index (κ3) is 5.00. The van der Waals surface area contributed by atoms with Gasteiger partial charge in [-0.15, -0.1) is 0 Å². The molecule has 120 valence electrons. The Labute approximate surface area is 139 Å². The molecule has 0 fully saturated rings. The molecule has 0 saturated heterocycles. The van der Waals surface area contributed by atoms with Gasteiger partial charge in [-0.05, 0) is 42.8 Å². The van der Waals surface area contributed by atoms with Crippen LogP contribution in [0.4, 0.5) is 5.69 Å². The SMILES string of the molecule is CCCNC(=O)c1ccc(Cl)cc1NC(=O)C=Cc1ccco1. The molecule has 2 amide bonds. The van der Waals surface area contributed by atoms with Crippen molar-refractivity contribution in [1.82, 2.24) is 5.32 Å². The fourth-order valence-electron chi connectivity index (χ4n) is 1.87. The molecule has 0 aliphatic heterocycles. The minimum Gasteiger partial charge on any atom is -0.465 e. The molecule has 5 nitrogen and oxygen atoms in total. The standard InChI is InChI=1S/C17H17ClN2O3/c1-2-9-19-17(22)14-7-5-12(18)11-15(14)20-16(21)8-6-13-4-3-10-23-13/h3-8,10-11H,2,9H2,1H3,(H,19,22)(H,20,21). The van der Waals surface area contributed by atoms with Gasteiger partial charge in [0.15, 0.2) is 0 Å². The number of rotatable bonds is 6. The maximum absolute atomic E-state index is 12.1. The van der Waals surface area contributed by atoms with Crippen LogP contribution >= 0.6 is 11.6 Å². The van der Waals surface area contributed by atoms with E-state index >= 15 is 0 Å². The quantitative estimate of drug-likeness (QED) is 0.792. The summed E-state index contributed by atoms with van der Waals surface area (Å²) < 4.78 is 5.11. The smallest absolute Gasteiger partial charge is 0.253 e. The number of anilines is 1. The average molecular weight is 333 g/mol. The van der Waals surface area contributed by atoms with Gasteiger partial charge in [0.1, 0.15) is 5.76 Å². The summed E-state index contributed by atoms with van der Waals surface area (Å²) in [6.07, 6.45) is 5.21. The molecular formula is C17H17ClN2O3. The molecule has 1 aromatic heterocycles. The minimum absolute atomic E-state index is 0.256. The van der Waals surface area contributed by atoms with Gasteiger partial charge in [-0.1, -0.05) is 18.5 Å². The number of carbonyl (C=O) groups excluding carboxylic acids is 2. The molecule has 0 aliphatic rings. The first-order valence-electron chi connectivity index (χ1n) is 7.20. The number of benzene rings is 1. The number of furan rings is 1. The molecule has 0 unspecified atom stereocenters. The fraction of sp³-hybridized carbons (Fsp3) is 0.176. The van der Waals surface area contributed by atoms with Gasteiger partial charge in [0, 0.05) is 17.6 Å². The van der Waals surface area contributed by atoms with E-state index in [2.05, 4.69) is 10.6 Å². The van der Waals surface area contributed by atoms with Crippen molar-refractivity contribution < 1.29 is 14.0 Å². The second-order valence-electron chi connectivity index (χ2n) is 4.78. The highest BCUT2D eigenvalue weighted by Gasteiger charge is 2.13. The Kier molecular flexibility index (Phi) is 6.00. The topological polar surface area (TPSA) is 71.3 Å². The average Bonchev–Trinajstić information content (AvgIpc) is 3.04. The van der Waals surface area contributed by atoms with Crippen LogP contribution in [-0.4, -0.2) is 18.4 Å². The summed E-state index contributed by atoms with van der Waals surface area (Å²) in [5.41, 5.74) is 0.725. The van der Waals surface area contributed by atoms with E-state index < -0.39 is 0 Å². The van der Waals surface area contributed by atoms with Crippen LogP contribution in [0.2, 0.25) is 5.02 Å². The lowest BCUT2D eigenvalue weighted by molar-refractivity contribution is -0.111. The van der Waals surface area contributed by atoms with E-state index in [4.69, 9.17) is 16.0 Å². The van der Waals surface area contributed by atoms with E-state index in [-0.39, 0.29) is 11.8 Å². The first-order valence-corrected chi connectivity index (χ1v) is 7.58. The Morgan fingerprint density at radius 3 is 2.83 bits per heavy atom. The Morgan fingerprint density at radius 1 is 1.30 bits per heavy atom. The van der Waals surface area contributed by atoms with Gasteiger partial charge in [-0.2, -0.15) is 0 Å². The fourth-order valence-corrected chi connectivity index (χ4v) is 2.04. The van der Waals surface area contributed by atoms with Crippen LogP contribution in [0.15, 0.2) is 47.1 Å². The van der Waals surface area contributed by atoms with Gasteiger partial charge < -0.3 is 15.1 Å². The minimum atomic E-state index is -0.381. The van der Waals surface area contributed by atoms with Gasteiger partial charge in [-0.3, -0.25) is 9.59 Å². The molecule has 1 aromatic carbocycles. The van der Waals surface area contributed by atoms with Crippen LogP contribution in [0.3, 0.4) is 0 Å². The van der Waals surface area contributed by atoms with Crippen LogP contribution in [0, 0.1) is 0 Å². The molecule has 0 saturated carbocycles. The molecule has 2 rings (SSSR count). The molecule has 2 N–H and O–H groups in total. The van der Waals surface area contributed by atoms with Crippen molar-refractivity contribution >= 4 is 35.2 Å². The van der Waals surface area contributed by atoms with Crippen LogP contribution < -0.4 is 10.6 Å². The lowest BCUT2D eigenvalue weighted by Gasteiger charge is -2.10. The molecule has 6 heteroatoms. The summed E-state index contributed by atoms with van der Waals surface area (Å²) in [5, 5.41) is 5.86. The van der Waals surface area contributed by atoms with Crippen LogP contribution in [-0.2, 0) is 4.79 Å². The van der Waals surface area contributed by atoms with Gasteiger partial charge in [0.25, 0.3) is 5.91 Å².